The highest BCUT2D eigenvalue weighted by molar-refractivity contribution is 7.91. The maximum absolute atomic E-state index is 12.8. The molecule has 0 unspecified atom stereocenters. The zero-order valence-corrected chi connectivity index (χ0v) is 23.5. The van der Waals surface area contributed by atoms with E-state index >= 15 is 0 Å². The van der Waals surface area contributed by atoms with E-state index in [0.717, 1.165) is 29.5 Å². The molecule has 10 heteroatoms. The van der Waals surface area contributed by atoms with Crippen molar-refractivity contribution in [3.8, 4) is 11.5 Å². The number of hydrogen-bond donors (Lipinski definition) is 0. The van der Waals surface area contributed by atoms with E-state index in [1.54, 1.807) is 43.3 Å². The summed E-state index contributed by atoms with van der Waals surface area (Å²) in [5, 5.41) is 5.74. The van der Waals surface area contributed by atoms with Crippen LogP contribution in [0.1, 0.15) is 42.3 Å². The van der Waals surface area contributed by atoms with Crippen molar-refractivity contribution in [2.45, 2.75) is 42.9 Å². The van der Waals surface area contributed by atoms with Crippen LogP contribution in [0.2, 0.25) is 15.1 Å². The van der Waals surface area contributed by atoms with Gasteiger partial charge in [-0.1, -0.05) is 59.0 Å². The molecule has 196 valence electrons. The predicted octanol–water partition coefficient (Wildman–Crippen LogP) is 6.92. The molecule has 4 aromatic rings. The van der Waals surface area contributed by atoms with Crippen molar-refractivity contribution in [3.05, 3.63) is 98.2 Å². The summed E-state index contributed by atoms with van der Waals surface area (Å²) in [7, 11) is -3.28. The molecule has 5 rings (SSSR count). The monoisotopic (exact) mass is 588 g/mol. The number of ketones is 1. The molecular weight excluding hydrogens is 567 g/mol. The maximum Gasteiger partial charge on any atom is 0.257 e. The van der Waals surface area contributed by atoms with Gasteiger partial charge in [-0.2, -0.15) is 4.98 Å². The first kappa shape index (κ1) is 26.9. The van der Waals surface area contributed by atoms with Crippen LogP contribution in [0.25, 0.3) is 11.5 Å². The Balaban J connectivity index is 1.32. The van der Waals surface area contributed by atoms with Gasteiger partial charge in [-0.25, -0.2) is 8.42 Å². The highest BCUT2D eigenvalue weighted by atomic mass is 35.5. The molecule has 0 bridgehead atoms. The molecule has 0 saturated heterocycles. The Labute approximate surface area is 235 Å². The molecule has 1 saturated carbocycles. The number of nitrogens with zero attached hydrogens (tertiary/aromatic N) is 2. The van der Waals surface area contributed by atoms with Gasteiger partial charge in [0.15, 0.2) is 15.7 Å². The fraction of sp³-hybridized carbons (Fsp3) is 0.250. The summed E-state index contributed by atoms with van der Waals surface area (Å²) in [4.78, 5) is 17.6. The van der Waals surface area contributed by atoms with Crippen molar-refractivity contribution < 1.29 is 17.7 Å². The topological polar surface area (TPSA) is 90.1 Å². The molecule has 0 N–H and O–H groups in total. The maximum atomic E-state index is 12.8. The Hall–Kier alpha value is -2.71. The number of aromatic nitrogens is 2. The van der Waals surface area contributed by atoms with E-state index in [1.807, 2.05) is 12.1 Å². The zero-order valence-electron chi connectivity index (χ0n) is 20.4. The molecule has 1 heterocycles. The van der Waals surface area contributed by atoms with E-state index in [9.17, 15) is 13.2 Å². The number of carbonyl (C=O) groups is 1. The first-order chi connectivity index (χ1) is 18.1. The van der Waals surface area contributed by atoms with Crippen LogP contribution in [0.5, 0.6) is 0 Å². The average Bonchev–Trinajstić information content (AvgIpc) is 3.51. The van der Waals surface area contributed by atoms with E-state index in [2.05, 4.69) is 10.1 Å². The van der Waals surface area contributed by atoms with Gasteiger partial charge in [0.05, 0.1) is 16.1 Å². The molecule has 1 aliphatic rings. The third kappa shape index (κ3) is 5.38. The molecule has 3 aromatic carbocycles. The number of rotatable bonds is 9. The lowest BCUT2D eigenvalue weighted by Gasteiger charge is -2.16. The van der Waals surface area contributed by atoms with Crippen LogP contribution in [-0.2, 0) is 32.9 Å². The van der Waals surface area contributed by atoms with Crippen LogP contribution >= 0.6 is 34.8 Å². The quantitative estimate of drug-likeness (QED) is 0.210. The third-order valence-corrected chi connectivity index (χ3v) is 9.34. The van der Waals surface area contributed by atoms with E-state index in [1.165, 1.54) is 12.1 Å². The third-order valence-electron chi connectivity index (χ3n) is 6.74. The van der Waals surface area contributed by atoms with Crippen molar-refractivity contribution >= 4 is 50.4 Å². The van der Waals surface area contributed by atoms with Crippen molar-refractivity contribution in [2.75, 3.05) is 5.75 Å². The Bertz CT molecular complexity index is 1590. The van der Waals surface area contributed by atoms with Crippen LogP contribution in [-0.4, -0.2) is 30.1 Å². The standard InChI is InChI=1S/C28H23Cl3N2O4S/c1-2-38(35,36)22-9-3-17(4-10-22)13-21(34)14-18-15-23(30)25(24(31)16-18)28(11-12-28)27-32-26(37-33-27)19-5-7-20(29)8-6-19/h3-10,15-16H,2,11-14H2,1H3. The molecule has 1 fully saturated rings. The van der Waals surface area contributed by atoms with Gasteiger partial charge in [-0.3, -0.25) is 4.79 Å². The van der Waals surface area contributed by atoms with E-state index in [4.69, 9.17) is 39.3 Å². The van der Waals surface area contributed by atoms with Crippen LogP contribution in [0.15, 0.2) is 70.1 Å². The fourth-order valence-corrected chi connectivity index (χ4v) is 6.43. The first-order valence-electron chi connectivity index (χ1n) is 12.0. The van der Waals surface area contributed by atoms with Gasteiger partial charge in [-0.05, 0) is 72.5 Å². The average molecular weight is 590 g/mol. The number of carbonyl (C=O) groups excluding carboxylic acids is 1. The Morgan fingerprint density at radius 1 is 0.921 bits per heavy atom. The Morgan fingerprint density at radius 3 is 2.11 bits per heavy atom. The van der Waals surface area contributed by atoms with Gasteiger partial charge in [-0.15, -0.1) is 0 Å². The Morgan fingerprint density at radius 2 is 1.53 bits per heavy atom. The second-order valence-electron chi connectivity index (χ2n) is 9.39. The lowest BCUT2D eigenvalue weighted by molar-refractivity contribution is -0.117. The summed E-state index contributed by atoms with van der Waals surface area (Å²) < 4.78 is 29.5. The van der Waals surface area contributed by atoms with E-state index < -0.39 is 15.3 Å². The van der Waals surface area contributed by atoms with E-state index in [-0.39, 0.29) is 29.3 Å². The lowest BCUT2D eigenvalue weighted by Crippen LogP contribution is -2.13. The summed E-state index contributed by atoms with van der Waals surface area (Å²) in [6.45, 7) is 1.60. The van der Waals surface area contributed by atoms with Crippen LogP contribution in [0.3, 0.4) is 0 Å². The molecule has 1 aromatic heterocycles. The second kappa shape index (κ2) is 10.5. The number of benzene rings is 3. The zero-order chi connectivity index (χ0) is 27.1. The van der Waals surface area contributed by atoms with Gasteiger partial charge in [0.1, 0.15) is 5.78 Å². The van der Waals surface area contributed by atoms with Crippen molar-refractivity contribution in [2.24, 2.45) is 0 Å². The molecule has 38 heavy (non-hydrogen) atoms. The summed E-state index contributed by atoms with van der Waals surface area (Å²) in [6.07, 6.45) is 1.86. The largest absolute Gasteiger partial charge is 0.334 e. The molecule has 0 amide bonds. The van der Waals surface area contributed by atoms with Gasteiger partial charge in [0.25, 0.3) is 5.89 Å². The highest BCUT2D eigenvalue weighted by Gasteiger charge is 2.52. The smallest absolute Gasteiger partial charge is 0.257 e. The molecule has 1 aliphatic carbocycles. The summed E-state index contributed by atoms with van der Waals surface area (Å²) in [5.74, 6) is 0.893. The van der Waals surface area contributed by atoms with Crippen molar-refractivity contribution in [1.29, 1.82) is 0 Å². The fourth-order valence-electron chi connectivity index (χ4n) is 4.52. The summed E-state index contributed by atoms with van der Waals surface area (Å²) in [6, 6.07) is 17.1. The molecular formula is C28H23Cl3N2O4S. The summed E-state index contributed by atoms with van der Waals surface area (Å²) >= 11 is 19.4. The van der Waals surface area contributed by atoms with Gasteiger partial charge in [0.2, 0.25) is 0 Å². The number of hydrogen-bond acceptors (Lipinski definition) is 6. The summed E-state index contributed by atoms with van der Waals surface area (Å²) in [5.41, 5.74) is 2.39. The Kier molecular flexibility index (Phi) is 7.40. The molecule has 0 spiro atoms. The highest BCUT2D eigenvalue weighted by Crippen LogP contribution is 2.56. The molecule has 0 aliphatic heterocycles. The second-order valence-corrected chi connectivity index (χ2v) is 12.9. The molecule has 6 nitrogen and oxygen atoms in total. The van der Waals surface area contributed by atoms with E-state index in [0.29, 0.717) is 32.3 Å². The molecule has 0 radical (unpaired) electrons. The van der Waals surface area contributed by atoms with Crippen molar-refractivity contribution in [1.82, 2.24) is 10.1 Å². The van der Waals surface area contributed by atoms with Gasteiger partial charge in [0, 0.05) is 39.0 Å². The van der Waals surface area contributed by atoms with Crippen LogP contribution in [0, 0.1) is 0 Å². The number of sulfone groups is 1. The minimum atomic E-state index is -3.28. The van der Waals surface area contributed by atoms with Crippen LogP contribution in [0.4, 0.5) is 0 Å². The lowest BCUT2D eigenvalue weighted by atomic mass is 9.92. The normalized spacial score (nSPS) is 14.4. The minimum Gasteiger partial charge on any atom is -0.334 e. The number of Topliss-reactive ketones (excluding diaryl/α,β-unsaturated/α-hetero) is 1. The van der Waals surface area contributed by atoms with Gasteiger partial charge < -0.3 is 4.52 Å². The minimum absolute atomic E-state index is 0.0281. The SMILES string of the molecule is CCS(=O)(=O)c1ccc(CC(=O)Cc2cc(Cl)c(C3(c4noc(-c5ccc(Cl)cc5)n4)CC3)c(Cl)c2)cc1. The number of halogens is 3. The predicted molar refractivity (Wildman–Crippen MR) is 148 cm³/mol. The first-order valence-corrected chi connectivity index (χ1v) is 14.8. The van der Waals surface area contributed by atoms with Crippen molar-refractivity contribution in [3.63, 3.8) is 0 Å². The van der Waals surface area contributed by atoms with Gasteiger partial charge >= 0.3 is 0 Å². The van der Waals surface area contributed by atoms with Crippen LogP contribution < -0.4 is 0 Å². The molecule has 0 atom stereocenters.